The van der Waals surface area contributed by atoms with E-state index in [9.17, 15) is 9.59 Å². The molecule has 0 spiro atoms. The predicted octanol–water partition coefficient (Wildman–Crippen LogP) is 4.92. The van der Waals surface area contributed by atoms with Gasteiger partial charge in [0.25, 0.3) is 5.91 Å². The van der Waals surface area contributed by atoms with Crippen molar-refractivity contribution in [3.63, 3.8) is 0 Å². The number of aromatic nitrogens is 2. The number of nitrogens with zero attached hydrogens (tertiary/aromatic N) is 3. The smallest absolute Gasteiger partial charge is 0.340 e. The minimum Gasteiger partial charge on any atom is -0.465 e. The number of carbonyl (C=O) groups excluding carboxylic acids is 2. The van der Waals surface area contributed by atoms with Crippen LogP contribution in [-0.2, 0) is 4.74 Å². The first-order valence-electron chi connectivity index (χ1n) is 10.2. The van der Waals surface area contributed by atoms with Gasteiger partial charge in [-0.1, -0.05) is 24.3 Å². The number of rotatable bonds is 5. The lowest BCUT2D eigenvalue weighted by Crippen LogP contribution is -2.29. The second-order valence-electron chi connectivity index (χ2n) is 7.57. The largest absolute Gasteiger partial charge is 0.465 e. The molecule has 0 aliphatic heterocycles. The molecule has 2 heterocycles. The number of methoxy groups -OCH3 is 1. The van der Waals surface area contributed by atoms with Crippen LogP contribution in [0.2, 0.25) is 0 Å². The second kappa shape index (κ2) is 8.98. The van der Waals surface area contributed by atoms with Crippen LogP contribution in [0, 0.1) is 0 Å². The molecule has 6 heteroatoms. The zero-order chi connectivity index (χ0) is 22.7. The third kappa shape index (κ3) is 4.07. The molecule has 0 aliphatic carbocycles. The van der Waals surface area contributed by atoms with E-state index in [1.165, 1.54) is 13.3 Å². The number of esters is 1. The monoisotopic (exact) mass is 425 g/mol. The number of fused-ring (bicyclic) bond motifs is 1. The highest BCUT2D eigenvalue weighted by Gasteiger charge is 2.20. The van der Waals surface area contributed by atoms with Crippen LogP contribution < -0.4 is 0 Å². The average molecular weight is 425 g/mol. The summed E-state index contributed by atoms with van der Waals surface area (Å²) in [6, 6.07) is 17.2. The molecule has 0 saturated carbocycles. The van der Waals surface area contributed by atoms with E-state index in [-0.39, 0.29) is 11.9 Å². The summed E-state index contributed by atoms with van der Waals surface area (Å²) in [5.41, 5.74) is 4.08. The molecule has 1 unspecified atom stereocenters. The molecule has 2 aromatic carbocycles. The van der Waals surface area contributed by atoms with Crippen molar-refractivity contribution in [2.45, 2.75) is 13.0 Å². The number of ether oxygens (including phenoxy) is 1. The normalized spacial score (nSPS) is 11.7. The van der Waals surface area contributed by atoms with Gasteiger partial charge in [0, 0.05) is 42.8 Å². The summed E-state index contributed by atoms with van der Waals surface area (Å²) < 4.78 is 4.82. The molecule has 160 valence electrons. The topological polar surface area (TPSA) is 72.4 Å². The lowest BCUT2D eigenvalue weighted by atomic mass is 9.99. The van der Waals surface area contributed by atoms with E-state index in [2.05, 4.69) is 16.0 Å². The molecule has 0 aliphatic rings. The van der Waals surface area contributed by atoms with Crippen LogP contribution in [0.25, 0.3) is 21.9 Å². The van der Waals surface area contributed by atoms with Gasteiger partial charge < -0.3 is 9.64 Å². The Morgan fingerprint density at radius 3 is 2.47 bits per heavy atom. The molecule has 1 atom stereocenters. The van der Waals surface area contributed by atoms with Gasteiger partial charge in [-0.15, -0.1) is 0 Å². The standard InChI is InChI=1S/C26H23N3O3/c1-17(19-5-4-6-20(13-19)18-9-11-27-12-10-18)29(2)25(30)21-7-8-23-22(14-21)15-28-16-24(23)26(31)32-3/h4-17H,1-3H3. The van der Waals surface area contributed by atoms with Crippen molar-refractivity contribution in [2.24, 2.45) is 0 Å². The Bertz CT molecular complexity index is 1290. The molecular formula is C26H23N3O3. The van der Waals surface area contributed by atoms with E-state index in [0.717, 1.165) is 16.7 Å². The fraction of sp³-hybridized carbons (Fsp3) is 0.154. The molecule has 0 fully saturated rings. The van der Waals surface area contributed by atoms with E-state index >= 15 is 0 Å². The molecule has 0 radical (unpaired) electrons. The minimum atomic E-state index is -0.456. The Kier molecular flexibility index (Phi) is 5.94. The zero-order valence-electron chi connectivity index (χ0n) is 18.1. The number of amides is 1. The maximum atomic E-state index is 13.2. The van der Waals surface area contributed by atoms with Gasteiger partial charge in [0.15, 0.2) is 0 Å². The van der Waals surface area contributed by atoms with Gasteiger partial charge in [0.05, 0.1) is 18.7 Å². The fourth-order valence-corrected chi connectivity index (χ4v) is 3.71. The number of carbonyl (C=O) groups is 2. The Balaban J connectivity index is 1.61. The van der Waals surface area contributed by atoms with Crippen LogP contribution in [0.1, 0.15) is 39.2 Å². The Hall–Kier alpha value is -4.06. The molecule has 4 aromatic rings. The summed E-state index contributed by atoms with van der Waals surface area (Å²) in [6.45, 7) is 2.00. The van der Waals surface area contributed by atoms with Crippen molar-refractivity contribution >= 4 is 22.6 Å². The van der Waals surface area contributed by atoms with E-state index in [1.54, 1.807) is 48.7 Å². The summed E-state index contributed by atoms with van der Waals surface area (Å²) in [6.07, 6.45) is 6.64. The summed E-state index contributed by atoms with van der Waals surface area (Å²) in [5.74, 6) is -0.570. The van der Waals surface area contributed by atoms with Crippen molar-refractivity contribution in [3.05, 3.63) is 96.1 Å². The highest BCUT2D eigenvalue weighted by molar-refractivity contribution is 6.06. The van der Waals surface area contributed by atoms with Crippen molar-refractivity contribution in [1.29, 1.82) is 0 Å². The van der Waals surface area contributed by atoms with Crippen LogP contribution in [0.3, 0.4) is 0 Å². The number of hydrogen-bond donors (Lipinski definition) is 0. The summed E-state index contributed by atoms with van der Waals surface area (Å²) in [5, 5.41) is 1.41. The molecular weight excluding hydrogens is 402 g/mol. The van der Waals surface area contributed by atoms with Crippen LogP contribution in [0.4, 0.5) is 0 Å². The maximum absolute atomic E-state index is 13.2. The number of benzene rings is 2. The van der Waals surface area contributed by atoms with Gasteiger partial charge in [-0.2, -0.15) is 0 Å². The molecule has 0 bridgehead atoms. The van der Waals surface area contributed by atoms with Gasteiger partial charge in [-0.25, -0.2) is 4.79 Å². The predicted molar refractivity (Wildman–Crippen MR) is 123 cm³/mol. The molecule has 1 amide bonds. The highest BCUT2D eigenvalue weighted by atomic mass is 16.5. The van der Waals surface area contributed by atoms with Gasteiger partial charge in [0.1, 0.15) is 0 Å². The lowest BCUT2D eigenvalue weighted by Gasteiger charge is -2.26. The second-order valence-corrected chi connectivity index (χ2v) is 7.57. The first kappa shape index (κ1) is 21.2. The zero-order valence-corrected chi connectivity index (χ0v) is 18.1. The lowest BCUT2D eigenvalue weighted by molar-refractivity contribution is 0.0602. The van der Waals surface area contributed by atoms with Gasteiger partial charge in [-0.3, -0.25) is 14.8 Å². The SMILES string of the molecule is COC(=O)c1cncc2cc(C(=O)N(C)C(C)c3cccc(-c4ccncc4)c3)ccc12. The van der Waals surface area contributed by atoms with Gasteiger partial charge >= 0.3 is 5.97 Å². The van der Waals surface area contributed by atoms with E-state index < -0.39 is 5.97 Å². The van der Waals surface area contributed by atoms with E-state index in [0.29, 0.717) is 21.9 Å². The Morgan fingerprint density at radius 2 is 1.72 bits per heavy atom. The molecule has 2 aromatic heterocycles. The summed E-state index contributed by atoms with van der Waals surface area (Å²) in [7, 11) is 3.12. The molecule has 32 heavy (non-hydrogen) atoms. The average Bonchev–Trinajstić information content (AvgIpc) is 2.86. The van der Waals surface area contributed by atoms with Crippen LogP contribution in [-0.4, -0.2) is 40.9 Å². The third-order valence-corrected chi connectivity index (χ3v) is 5.70. The Labute approximate surface area is 186 Å². The maximum Gasteiger partial charge on any atom is 0.340 e. The van der Waals surface area contributed by atoms with Crippen LogP contribution in [0.15, 0.2) is 79.4 Å². The van der Waals surface area contributed by atoms with Gasteiger partial charge in [0.2, 0.25) is 0 Å². The van der Waals surface area contributed by atoms with Crippen LogP contribution in [0.5, 0.6) is 0 Å². The summed E-state index contributed by atoms with van der Waals surface area (Å²) in [4.78, 5) is 35.1. The van der Waals surface area contributed by atoms with Gasteiger partial charge in [-0.05, 0) is 59.3 Å². The van der Waals surface area contributed by atoms with Crippen molar-refractivity contribution in [3.8, 4) is 11.1 Å². The Morgan fingerprint density at radius 1 is 0.938 bits per heavy atom. The fourth-order valence-electron chi connectivity index (χ4n) is 3.71. The quantitative estimate of drug-likeness (QED) is 0.425. The third-order valence-electron chi connectivity index (χ3n) is 5.70. The molecule has 0 saturated heterocycles. The van der Waals surface area contributed by atoms with Crippen molar-refractivity contribution < 1.29 is 14.3 Å². The molecule has 4 rings (SSSR count). The number of pyridine rings is 2. The van der Waals surface area contributed by atoms with Crippen molar-refractivity contribution in [1.82, 2.24) is 14.9 Å². The number of hydrogen-bond acceptors (Lipinski definition) is 5. The van der Waals surface area contributed by atoms with Crippen LogP contribution >= 0.6 is 0 Å². The first-order chi connectivity index (χ1) is 15.5. The van der Waals surface area contributed by atoms with E-state index in [4.69, 9.17) is 4.74 Å². The van der Waals surface area contributed by atoms with Crippen molar-refractivity contribution in [2.75, 3.05) is 14.2 Å². The molecule has 0 N–H and O–H groups in total. The first-order valence-corrected chi connectivity index (χ1v) is 10.2. The molecule has 6 nitrogen and oxygen atoms in total. The van der Waals surface area contributed by atoms with E-state index in [1.807, 2.05) is 37.3 Å². The summed E-state index contributed by atoms with van der Waals surface area (Å²) >= 11 is 0. The highest BCUT2D eigenvalue weighted by Crippen LogP contribution is 2.27. The minimum absolute atomic E-state index is 0.114.